The number of rotatable bonds is 73. The first-order valence-electron chi connectivity index (χ1n) is 38.8. The number of hydrogen-bond donors (Lipinski definition) is 3. The van der Waals surface area contributed by atoms with E-state index in [0.717, 1.165) is 134 Å². The van der Waals surface area contributed by atoms with Crippen molar-refractivity contribution in [2.45, 2.75) is 374 Å². The van der Waals surface area contributed by atoms with E-state index < -0.39 is 97.5 Å². The molecule has 0 bridgehead atoms. The number of aliphatic hydroxyl groups excluding tert-OH is 1. The van der Waals surface area contributed by atoms with E-state index >= 15 is 0 Å². The van der Waals surface area contributed by atoms with E-state index in [2.05, 4.69) is 83.2 Å². The van der Waals surface area contributed by atoms with Crippen LogP contribution >= 0.6 is 15.6 Å². The highest BCUT2D eigenvalue weighted by molar-refractivity contribution is 7.47. The van der Waals surface area contributed by atoms with Crippen molar-refractivity contribution in [1.29, 1.82) is 0 Å². The maximum Gasteiger partial charge on any atom is 0.472 e. The Kier molecular flexibility index (Phi) is 67.0. The number of hydrogen-bond acceptors (Lipinski definition) is 15. The molecule has 0 radical (unpaired) electrons. The number of phosphoric acid groups is 2. The molecule has 19 heteroatoms. The molecule has 0 saturated heterocycles. The van der Waals surface area contributed by atoms with Crippen molar-refractivity contribution in [3.05, 3.63) is 48.6 Å². The Bertz CT molecular complexity index is 2030. The maximum atomic E-state index is 13.1. The molecule has 0 aliphatic heterocycles. The van der Waals surface area contributed by atoms with Gasteiger partial charge >= 0.3 is 39.5 Å². The fraction of sp³-hybridized carbons (Fsp3) is 0.844. The molecule has 0 aromatic heterocycles. The second-order valence-electron chi connectivity index (χ2n) is 26.8. The molecule has 0 rings (SSSR count). The predicted octanol–water partition coefficient (Wildman–Crippen LogP) is 22.0. The molecule has 0 saturated carbocycles. The van der Waals surface area contributed by atoms with Gasteiger partial charge in [0.15, 0.2) is 12.2 Å². The van der Waals surface area contributed by atoms with Gasteiger partial charge in [-0.3, -0.25) is 37.3 Å². The molecular formula is C77H142O17P2. The molecule has 0 aromatic carbocycles. The van der Waals surface area contributed by atoms with Crippen molar-refractivity contribution >= 4 is 39.5 Å². The summed E-state index contributed by atoms with van der Waals surface area (Å²) in [6, 6.07) is 0. The summed E-state index contributed by atoms with van der Waals surface area (Å²) in [6.07, 6.45) is 64.1. The normalized spacial score (nSPS) is 14.3. The van der Waals surface area contributed by atoms with Gasteiger partial charge in [-0.15, -0.1) is 0 Å². The van der Waals surface area contributed by atoms with E-state index in [-0.39, 0.29) is 25.7 Å². The van der Waals surface area contributed by atoms with E-state index in [1.807, 2.05) is 0 Å². The predicted molar refractivity (Wildman–Crippen MR) is 390 cm³/mol. The molecule has 0 aliphatic rings. The first-order valence-corrected chi connectivity index (χ1v) is 41.8. The molecule has 17 nitrogen and oxygen atoms in total. The molecule has 0 heterocycles. The third kappa shape index (κ3) is 69.5. The van der Waals surface area contributed by atoms with Crippen molar-refractivity contribution in [2.24, 2.45) is 5.92 Å². The lowest BCUT2D eigenvalue weighted by Gasteiger charge is -2.21. The quantitative estimate of drug-likeness (QED) is 0.0169. The van der Waals surface area contributed by atoms with Crippen molar-refractivity contribution in [3.8, 4) is 0 Å². The smallest absolute Gasteiger partial charge is 0.462 e. The van der Waals surface area contributed by atoms with Crippen LogP contribution in [-0.2, 0) is 65.4 Å². The monoisotopic (exact) mass is 1400 g/mol. The van der Waals surface area contributed by atoms with Crippen LogP contribution in [0.5, 0.6) is 0 Å². The summed E-state index contributed by atoms with van der Waals surface area (Å²) in [5, 5.41) is 10.6. The number of phosphoric ester groups is 2. The van der Waals surface area contributed by atoms with Crippen LogP contribution in [0, 0.1) is 5.92 Å². The number of carbonyl (C=O) groups is 4. The summed E-state index contributed by atoms with van der Waals surface area (Å²) in [6.45, 7) is 7.16. The number of ether oxygens (including phenoxy) is 4. The van der Waals surface area contributed by atoms with Crippen LogP contribution in [0.2, 0.25) is 0 Å². The number of esters is 4. The van der Waals surface area contributed by atoms with Gasteiger partial charge in [-0.25, -0.2) is 9.13 Å². The van der Waals surface area contributed by atoms with Crippen LogP contribution in [-0.4, -0.2) is 96.7 Å². The number of allylic oxidation sites excluding steroid dienone is 8. The minimum absolute atomic E-state index is 0.0827. The van der Waals surface area contributed by atoms with E-state index in [9.17, 15) is 43.2 Å². The van der Waals surface area contributed by atoms with Gasteiger partial charge < -0.3 is 33.8 Å². The van der Waals surface area contributed by atoms with Crippen LogP contribution in [0.1, 0.15) is 356 Å². The SMILES string of the molecule is CCCCCC/C=C\C=C/CCCCCCCC(=O)OC[C@H](COP(=O)(O)OC[C@@H](O)COP(=O)(O)OC[C@@H](COC(=O)CCCCCCCCCC)OC(=O)CCCCCCC/C=C\C=C/CCCCCC)OC(=O)CCCCCCCCCCCCCCCCCC(C)C. The van der Waals surface area contributed by atoms with Crippen LogP contribution < -0.4 is 0 Å². The Morgan fingerprint density at radius 3 is 0.854 bits per heavy atom. The zero-order valence-electron chi connectivity index (χ0n) is 61.5. The summed E-state index contributed by atoms with van der Waals surface area (Å²) in [7, 11) is -9.93. The van der Waals surface area contributed by atoms with Crippen LogP contribution in [0.15, 0.2) is 48.6 Å². The van der Waals surface area contributed by atoms with Gasteiger partial charge in [-0.2, -0.15) is 0 Å². The zero-order chi connectivity index (χ0) is 70.5. The molecular weight excluding hydrogens is 1260 g/mol. The largest absolute Gasteiger partial charge is 0.472 e. The molecule has 96 heavy (non-hydrogen) atoms. The molecule has 3 N–H and O–H groups in total. The standard InChI is InChI=1S/C77H142O17P2/c1-6-9-12-15-18-21-23-25-28-33-37-41-46-51-56-61-75(80)88-67-73(94-77(82)63-58-53-48-43-39-35-31-27-30-32-36-40-44-49-54-59-70(4)5)69-92-96(85,86)90-65-71(78)64-89-95(83,84)91-68-72(66-87-74(79)60-55-50-45-20-17-14-11-8-3)93-76(81)62-57-52-47-42-38-34-29-26-24-22-19-16-13-10-7-2/h21-26,28-29,70-73,78H,6-20,27,30-69H2,1-5H3,(H,83,84)(H,85,86)/b23-21-,24-22-,28-25-,29-26-/t71-,72+,73+/m0/s1. The van der Waals surface area contributed by atoms with Gasteiger partial charge in [-0.05, 0) is 83.0 Å². The fourth-order valence-corrected chi connectivity index (χ4v) is 12.4. The van der Waals surface area contributed by atoms with Gasteiger partial charge in [0.25, 0.3) is 0 Å². The second-order valence-corrected chi connectivity index (χ2v) is 29.8. The zero-order valence-corrected chi connectivity index (χ0v) is 63.3. The summed E-state index contributed by atoms with van der Waals surface area (Å²) in [5.74, 6) is -1.38. The Labute approximate surface area is 585 Å². The van der Waals surface area contributed by atoms with Crippen LogP contribution in [0.4, 0.5) is 0 Å². The first kappa shape index (κ1) is 93.0. The second kappa shape index (κ2) is 69.1. The third-order valence-electron chi connectivity index (χ3n) is 16.8. The molecule has 0 aliphatic carbocycles. The van der Waals surface area contributed by atoms with Crippen molar-refractivity contribution in [1.82, 2.24) is 0 Å². The van der Waals surface area contributed by atoms with Gasteiger partial charge in [-0.1, -0.05) is 302 Å². The minimum Gasteiger partial charge on any atom is -0.462 e. The van der Waals surface area contributed by atoms with Gasteiger partial charge in [0.2, 0.25) is 0 Å². The molecule has 0 fully saturated rings. The molecule has 5 atom stereocenters. The molecule has 0 aromatic rings. The Hall–Kier alpha value is -2.98. The number of carbonyl (C=O) groups excluding carboxylic acids is 4. The van der Waals surface area contributed by atoms with Crippen LogP contribution in [0.25, 0.3) is 0 Å². The lowest BCUT2D eigenvalue weighted by molar-refractivity contribution is -0.161. The van der Waals surface area contributed by atoms with E-state index in [4.69, 9.17) is 37.0 Å². The highest BCUT2D eigenvalue weighted by atomic mass is 31.2. The van der Waals surface area contributed by atoms with E-state index in [0.29, 0.717) is 25.7 Å². The summed E-state index contributed by atoms with van der Waals surface area (Å²) < 4.78 is 68.4. The third-order valence-corrected chi connectivity index (χ3v) is 18.7. The molecule has 562 valence electrons. The number of unbranched alkanes of at least 4 members (excludes halogenated alkanes) is 39. The Balaban J connectivity index is 5.28. The average molecular weight is 1400 g/mol. The Morgan fingerprint density at radius 2 is 0.562 bits per heavy atom. The Morgan fingerprint density at radius 1 is 0.323 bits per heavy atom. The average Bonchev–Trinajstić information content (AvgIpc) is 2.42. The lowest BCUT2D eigenvalue weighted by Crippen LogP contribution is -2.30. The number of aliphatic hydroxyl groups is 1. The highest BCUT2D eigenvalue weighted by Gasteiger charge is 2.30. The van der Waals surface area contributed by atoms with Gasteiger partial charge in [0.05, 0.1) is 26.4 Å². The topological polar surface area (TPSA) is 237 Å². The molecule has 0 spiro atoms. The van der Waals surface area contributed by atoms with E-state index in [1.165, 1.54) is 141 Å². The van der Waals surface area contributed by atoms with Gasteiger partial charge in [0, 0.05) is 25.7 Å². The lowest BCUT2D eigenvalue weighted by atomic mass is 10.0. The fourth-order valence-electron chi connectivity index (χ4n) is 10.8. The first-order chi connectivity index (χ1) is 46.5. The molecule has 2 unspecified atom stereocenters. The summed E-state index contributed by atoms with van der Waals surface area (Å²) in [5.41, 5.74) is 0. The van der Waals surface area contributed by atoms with Gasteiger partial charge in [0.1, 0.15) is 19.3 Å². The van der Waals surface area contributed by atoms with E-state index in [1.54, 1.807) is 0 Å². The summed E-state index contributed by atoms with van der Waals surface area (Å²) >= 11 is 0. The molecule has 0 amide bonds. The minimum atomic E-state index is -4.97. The highest BCUT2D eigenvalue weighted by Crippen LogP contribution is 2.45. The summed E-state index contributed by atoms with van der Waals surface area (Å²) in [4.78, 5) is 72.7. The van der Waals surface area contributed by atoms with Crippen molar-refractivity contribution < 1.29 is 80.2 Å². The van der Waals surface area contributed by atoms with Crippen molar-refractivity contribution in [3.63, 3.8) is 0 Å². The van der Waals surface area contributed by atoms with Crippen molar-refractivity contribution in [2.75, 3.05) is 39.6 Å². The maximum absolute atomic E-state index is 13.1. The van der Waals surface area contributed by atoms with Crippen LogP contribution in [0.3, 0.4) is 0 Å².